The van der Waals surface area contributed by atoms with Crippen molar-refractivity contribution in [1.82, 2.24) is 20.2 Å². The van der Waals surface area contributed by atoms with Gasteiger partial charge in [0, 0.05) is 64.7 Å². The highest BCUT2D eigenvalue weighted by Gasteiger charge is 2.40. The van der Waals surface area contributed by atoms with Crippen LogP contribution < -0.4 is 5.32 Å². The van der Waals surface area contributed by atoms with Gasteiger partial charge in [0.2, 0.25) is 0 Å². The topological polar surface area (TPSA) is 94.4 Å². The van der Waals surface area contributed by atoms with Crippen molar-refractivity contribution in [2.75, 3.05) is 26.2 Å². The molecule has 0 saturated carbocycles. The monoisotopic (exact) mass is 692 g/mol. The van der Waals surface area contributed by atoms with Crippen molar-refractivity contribution in [3.8, 4) is 12.1 Å². The van der Waals surface area contributed by atoms with Gasteiger partial charge in [-0.25, -0.2) is 0 Å². The predicted molar refractivity (Wildman–Crippen MR) is 213 cm³/mol. The molecule has 6 heteroatoms. The van der Waals surface area contributed by atoms with Gasteiger partial charge in [0.05, 0.1) is 11.1 Å². The number of hydrogen-bond acceptors (Lipinski definition) is 4. The summed E-state index contributed by atoms with van der Waals surface area (Å²) in [4.78, 5) is 8.98. The van der Waals surface area contributed by atoms with Gasteiger partial charge < -0.3 is 15.3 Å². The first-order chi connectivity index (χ1) is 26.1. The fourth-order valence-corrected chi connectivity index (χ4v) is 8.72. The van der Waals surface area contributed by atoms with Crippen LogP contribution in [0.1, 0.15) is 51.8 Å². The molecule has 0 aliphatic carbocycles. The third-order valence-corrected chi connectivity index (χ3v) is 11.5. The Labute approximate surface area is 311 Å². The first-order valence-electron chi connectivity index (χ1n) is 18.6. The van der Waals surface area contributed by atoms with Crippen molar-refractivity contribution >= 4 is 21.8 Å². The third kappa shape index (κ3) is 7.13. The van der Waals surface area contributed by atoms with Crippen LogP contribution in [0.5, 0.6) is 0 Å². The summed E-state index contributed by atoms with van der Waals surface area (Å²) in [5.74, 6) is 0. The zero-order chi connectivity index (χ0) is 36.1. The first-order valence-corrected chi connectivity index (χ1v) is 18.6. The molecule has 5 aromatic carbocycles. The predicted octanol–water partition coefficient (Wildman–Crippen LogP) is 8.94. The Balaban J connectivity index is 0.000000156. The molecule has 2 unspecified atom stereocenters. The van der Waals surface area contributed by atoms with Crippen LogP contribution in [-0.2, 0) is 30.2 Å². The van der Waals surface area contributed by atoms with Gasteiger partial charge in [-0.2, -0.15) is 10.5 Å². The molecule has 3 N–H and O–H groups in total. The summed E-state index contributed by atoms with van der Waals surface area (Å²) in [5.41, 5.74) is 10.4. The smallest absolute Gasteiger partial charge is 0.101 e. The SMILES string of the molecule is N#Cc1c[nH]c2ccc(C3(Cc4ccccc4)CCN(Cc4ccccc4)C3)cc12.N#Cc1c[nH]c2ccc(C3(Cc4ccccc4)CCNC3)cc12. The van der Waals surface area contributed by atoms with Crippen LogP contribution in [0.2, 0.25) is 0 Å². The summed E-state index contributed by atoms with van der Waals surface area (Å²) < 4.78 is 0. The summed E-state index contributed by atoms with van der Waals surface area (Å²) >= 11 is 0. The minimum absolute atomic E-state index is 0.0499. The molecule has 0 bridgehead atoms. The Bertz CT molecular complexity index is 2390. The van der Waals surface area contributed by atoms with Crippen LogP contribution in [-0.4, -0.2) is 41.0 Å². The van der Waals surface area contributed by atoms with Crippen molar-refractivity contribution in [3.05, 3.63) is 179 Å². The summed E-state index contributed by atoms with van der Waals surface area (Å²) in [7, 11) is 0. The van der Waals surface area contributed by atoms with Crippen molar-refractivity contribution in [2.24, 2.45) is 0 Å². The molecule has 2 aliphatic heterocycles. The van der Waals surface area contributed by atoms with E-state index in [-0.39, 0.29) is 10.8 Å². The molecule has 53 heavy (non-hydrogen) atoms. The Kier molecular flexibility index (Phi) is 9.66. The average molecular weight is 693 g/mol. The number of rotatable bonds is 8. The number of nitriles is 2. The molecule has 0 amide bonds. The van der Waals surface area contributed by atoms with Crippen LogP contribution in [0.4, 0.5) is 0 Å². The zero-order valence-corrected chi connectivity index (χ0v) is 30.0. The van der Waals surface area contributed by atoms with Crippen LogP contribution >= 0.6 is 0 Å². The van der Waals surface area contributed by atoms with Gasteiger partial charge in [-0.15, -0.1) is 0 Å². The molecule has 6 nitrogen and oxygen atoms in total. The van der Waals surface area contributed by atoms with Gasteiger partial charge in [0.1, 0.15) is 12.1 Å². The van der Waals surface area contributed by atoms with Crippen LogP contribution in [0.3, 0.4) is 0 Å². The van der Waals surface area contributed by atoms with E-state index >= 15 is 0 Å². The lowest BCUT2D eigenvalue weighted by Gasteiger charge is -2.31. The van der Waals surface area contributed by atoms with Gasteiger partial charge in [0.25, 0.3) is 0 Å². The molecule has 7 aromatic rings. The number of hydrogen-bond donors (Lipinski definition) is 3. The standard InChI is InChI=1S/C27H25N3.C20H19N3/c28-17-23-18-29-26-12-11-24(15-25(23)26)27(16-21-7-3-1-4-8-21)13-14-30(20-27)19-22-9-5-2-6-10-22;21-12-16-13-23-19-7-6-17(10-18(16)19)20(8-9-22-14-20)11-15-4-2-1-3-5-15/h1-12,15,18,29H,13-14,16,19-20H2;1-7,10,13,22-23H,8-9,11,14H2. The molecule has 2 saturated heterocycles. The maximum atomic E-state index is 9.51. The van der Waals surface area contributed by atoms with Gasteiger partial charge in [-0.05, 0) is 90.9 Å². The summed E-state index contributed by atoms with van der Waals surface area (Å²) in [6.07, 6.45) is 7.89. The lowest BCUT2D eigenvalue weighted by atomic mass is 9.74. The maximum Gasteiger partial charge on any atom is 0.101 e. The summed E-state index contributed by atoms with van der Waals surface area (Å²) in [5, 5.41) is 24.4. The quantitative estimate of drug-likeness (QED) is 0.148. The number of aromatic amines is 2. The first kappa shape index (κ1) is 34.2. The molecule has 0 radical (unpaired) electrons. The van der Waals surface area contributed by atoms with E-state index in [1.54, 1.807) is 6.20 Å². The fourth-order valence-electron chi connectivity index (χ4n) is 8.72. The Hall–Kier alpha value is -5.92. The van der Waals surface area contributed by atoms with E-state index in [1.807, 2.05) is 6.20 Å². The molecular formula is C47H44N6. The number of nitrogens with zero attached hydrogens (tertiary/aromatic N) is 3. The Morgan fingerprint density at radius 2 is 1.09 bits per heavy atom. The highest BCUT2D eigenvalue weighted by molar-refractivity contribution is 5.87. The number of benzene rings is 5. The molecular weight excluding hydrogens is 649 g/mol. The van der Waals surface area contributed by atoms with E-state index in [1.165, 1.54) is 27.8 Å². The molecule has 2 atom stereocenters. The molecule has 2 aliphatic rings. The summed E-state index contributed by atoms with van der Waals surface area (Å²) in [6, 6.07) is 50.0. The van der Waals surface area contributed by atoms with Crippen LogP contribution in [0.15, 0.2) is 140 Å². The number of nitrogens with one attached hydrogen (secondary N) is 3. The van der Waals surface area contributed by atoms with E-state index in [4.69, 9.17) is 0 Å². The average Bonchev–Trinajstić information content (AvgIpc) is 4.03. The van der Waals surface area contributed by atoms with E-state index in [9.17, 15) is 10.5 Å². The second-order valence-electron chi connectivity index (χ2n) is 14.9. The van der Waals surface area contributed by atoms with Crippen molar-refractivity contribution in [3.63, 3.8) is 0 Å². The zero-order valence-electron chi connectivity index (χ0n) is 30.0. The molecule has 262 valence electrons. The van der Waals surface area contributed by atoms with Crippen LogP contribution in [0.25, 0.3) is 21.8 Å². The summed E-state index contributed by atoms with van der Waals surface area (Å²) in [6.45, 7) is 5.11. The van der Waals surface area contributed by atoms with Crippen molar-refractivity contribution in [1.29, 1.82) is 10.5 Å². The maximum absolute atomic E-state index is 9.51. The lowest BCUT2D eigenvalue weighted by Crippen LogP contribution is -2.33. The Morgan fingerprint density at radius 3 is 1.60 bits per heavy atom. The normalized spacial score (nSPS) is 19.8. The fraction of sp³-hybridized carbons (Fsp3) is 0.234. The van der Waals surface area contributed by atoms with Gasteiger partial charge in [-0.1, -0.05) is 103 Å². The number of likely N-dealkylation sites (tertiary alicyclic amines) is 1. The molecule has 9 rings (SSSR count). The van der Waals surface area contributed by atoms with Crippen LogP contribution in [0, 0.1) is 22.7 Å². The third-order valence-electron chi connectivity index (χ3n) is 11.5. The van der Waals surface area contributed by atoms with Crippen molar-refractivity contribution < 1.29 is 0 Å². The minimum Gasteiger partial charge on any atom is -0.360 e. The van der Waals surface area contributed by atoms with E-state index in [0.29, 0.717) is 0 Å². The molecule has 2 fully saturated rings. The molecule has 2 aromatic heterocycles. The lowest BCUT2D eigenvalue weighted by molar-refractivity contribution is 0.301. The van der Waals surface area contributed by atoms with E-state index in [0.717, 1.165) is 91.3 Å². The largest absolute Gasteiger partial charge is 0.360 e. The molecule has 0 spiro atoms. The second kappa shape index (κ2) is 15.0. The van der Waals surface area contributed by atoms with Crippen molar-refractivity contribution in [2.45, 2.75) is 43.1 Å². The minimum atomic E-state index is 0.0499. The van der Waals surface area contributed by atoms with E-state index < -0.39 is 0 Å². The Morgan fingerprint density at radius 1 is 0.585 bits per heavy atom. The number of aromatic nitrogens is 2. The second-order valence-corrected chi connectivity index (χ2v) is 14.9. The van der Waals surface area contributed by atoms with E-state index in [2.05, 4.69) is 160 Å². The van der Waals surface area contributed by atoms with Gasteiger partial charge in [0.15, 0.2) is 0 Å². The highest BCUT2D eigenvalue weighted by Crippen LogP contribution is 2.40. The van der Waals surface area contributed by atoms with Gasteiger partial charge in [-0.3, -0.25) is 4.90 Å². The van der Waals surface area contributed by atoms with Gasteiger partial charge >= 0.3 is 0 Å². The number of fused-ring (bicyclic) bond motifs is 2. The highest BCUT2D eigenvalue weighted by atomic mass is 15.2. The molecule has 4 heterocycles. The number of H-pyrrole nitrogens is 2.